The summed E-state index contributed by atoms with van der Waals surface area (Å²) in [5.74, 6) is -0.649. The van der Waals surface area contributed by atoms with Crippen molar-refractivity contribution >= 4 is 40.6 Å². The first-order chi connectivity index (χ1) is 14.9. The van der Waals surface area contributed by atoms with Gasteiger partial charge in [-0.2, -0.15) is 0 Å². The number of benzene rings is 2. The van der Waals surface area contributed by atoms with Crippen LogP contribution in [0.1, 0.15) is 18.1 Å². The molecular weight excluding hydrogens is 424 g/mol. The summed E-state index contributed by atoms with van der Waals surface area (Å²) in [5.41, 5.74) is 1.33. The van der Waals surface area contributed by atoms with E-state index in [0.717, 1.165) is 16.7 Å². The van der Waals surface area contributed by atoms with E-state index in [1.807, 2.05) is 0 Å². The van der Waals surface area contributed by atoms with Crippen LogP contribution in [0.4, 0.5) is 10.5 Å². The van der Waals surface area contributed by atoms with Gasteiger partial charge in [0.1, 0.15) is 18.9 Å². The van der Waals surface area contributed by atoms with Crippen molar-refractivity contribution in [3.8, 4) is 5.75 Å². The molecule has 0 bridgehead atoms. The van der Waals surface area contributed by atoms with Crippen LogP contribution < -0.4 is 4.74 Å². The number of nitro benzene ring substituents is 1. The van der Waals surface area contributed by atoms with Crippen LogP contribution in [0.25, 0.3) is 6.08 Å². The fraction of sp³-hybridized carbons (Fsp3) is 0.190. The van der Waals surface area contributed by atoms with Crippen molar-refractivity contribution in [3.05, 3.63) is 74.7 Å². The molecule has 0 unspecified atom stereocenters. The highest BCUT2D eigenvalue weighted by Crippen LogP contribution is 2.32. The van der Waals surface area contributed by atoms with Crippen LogP contribution in [0.3, 0.4) is 0 Å². The highest BCUT2D eigenvalue weighted by atomic mass is 32.2. The van der Waals surface area contributed by atoms with Gasteiger partial charge in [-0.25, -0.2) is 0 Å². The van der Waals surface area contributed by atoms with Crippen LogP contribution in [0.5, 0.6) is 5.75 Å². The largest absolute Gasteiger partial charge is 0.489 e. The van der Waals surface area contributed by atoms with E-state index in [9.17, 15) is 24.5 Å². The number of ether oxygens (including phenoxy) is 2. The third kappa shape index (κ3) is 5.70. The number of carbonyl (C=O) groups is 3. The van der Waals surface area contributed by atoms with Crippen molar-refractivity contribution in [1.29, 1.82) is 0 Å². The Morgan fingerprint density at radius 3 is 2.61 bits per heavy atom. The predicted octanol–water partition coefficient (Wildman–Crippen LogP) is 3.77. The third-order valence-electron chi connectivity index (χ3n) is 4.17. The molecule has 160 valence electrons. The van der Waals surface area contributed by atoms with Crippen molar-refractivity contribution in [2.75, 3.05) is 13.2 Å². The molecule has 1 aliphatic rings. The van der Waals surface area contributed by atoms with Crippen molar-refractivity contribution in [2.45, 2.75) is 13.5 Å². The maximum Gasteiger partial charge on any atom is 0.326 e. The number of nitrogens with zero attached hydrogens (tertiary/aromatic N) is 2. The minimum Gasteiger partial charge on any atom is -0.489 e. The zero-order valence-electron chi connectivity index (χ0n) is 16.5. The number of imide groups is 1. The number of hydrogen-bond donors (Lipinski definition) is 0. The number of esters is 1. The van der Waals surface area contributed by atoms with Crippen LogP contribution in [0.15, 0.2) is 53.4 Å². The molecule has 3 rings (SSSR count). The summed E-state index contributed by atoms with van der Waals surface area (Å²) < 4.78 is 10.4. The summed E-state index contributed by atoms with van der Waals surface area (Å²) in [6.07, 6.45) is 1.56. The Labute approximate surface area is 181 Å². The summed E-state index contributed by atoms with van der Waals surface area (Å²) in [4.78, 5) is 47.4. The van der Waals surface area contributed by atoms with E-state index >= 15 is 0 Å². The third-order valence-corrected chi connectivity index (χ3v) is 5.08. The van der Waals surface area contributed by atoms with Crippen LogP contribution in [-0.4, -0.2) is 40.1 Å². The smallest absolute Gasteiger partial charge is 0.326 e. The average Bonchev–Trinajstić information content (AvgIpc) is 3.01. The lowest BCUT2D eigenvalue weighted by molar-refractivity contribution is -0.384. The highest BCUT2D eigenvalue weighted by molar-refractivity contribution is 8.18. The van der Waals surface area contributed by atoms with E-state index in [0.29, 0.717) is 16.9 Å². The number of hydrogen-bond acceptors (Lipinski definition) is 8. The number of thioether (sulfide) groups is 1. The molecule has 1 aliphatic heterocycles. The minimum atomic E-state index is -0.642. The first-order valence-corrected chi connectivity index (χ1v) is 10.1. The Balaban J connectivity index is 1.62. The lowest BCUT2D eigenvalue weighted by Gasteiger charge is -2.10. The molecule has 9 nitrogen and oxygen atoms in total. The van der Waals surface area contributed by atoms with E-state index in [2.05, 4.69) is 0 Å². The van der Waals surface area contributed by atoms with Gasteiger partial charge in [0.05, 0.1) is 16.4 Å². The molecule has 0 aromatic heterocycles. The molecule has 2 aromatic rings. The van der Waals surface area contributed by atoms with E-state index < -0.39 is 28.6 Å². The second-order valence-corrected chi connectivity index (χ2v) is 7.35. The summed E-state index contributed by atoms with van der Waals surface area (Å²) in [6.45, 7) is 1.55. The highest BCUT2D eigenvalue weighted by Gasteiger charge is 2.36. The summed E-state index contributed by atoms with van der Waals surface area (Å²) in [7, 11) is 0. The van der Waals surface area contributed by atoms with E-state index in [-0.39, 0.29) is 23.8 Å². The molecule has 1 fully saturated rings. The fourth-order valence-electron chi connectivity index (χ4n) is 2.71. The number of carbonyl (C=O) groups excluding carboxylic acids is 3. The molecule has 0 radical (unpaired) electrons. The topological polar surface area (TPSA) is 116 Å². The van der Waals surface area contributed by atoms with Gasteiger partial charge >= 0.3 is 5.97 Å². The van der Waals surface area contributed by atoms with E-state index in [1.165, 1.54) is 12.1 Å². The predicted molar refractivity (Wildman–Crippen MR) is 113 cm³/mol. The number of non-ortho nitro benzene ring substituents is 1. The van der Waals surface area contributed by atoms with Gasteiger partial charge in [-0.1, -0.05) is 24.3 Å². The van der Waals surface area contributed by atoms with Gasteiger partial charge in [-0.15, -0.1) is 0 Å². The maximum atomic E-state index is 12.4. The molecule has 0 aliphatic carbocycles. The second kappa shape index (κ2) is 9.90. The molecule has 10 heteroatoms. The Bertz CT molecular complexity index is 1050. The van der Waals surface area contributed by atoms with Crippen molar-refractivity contribution < 1.29 is 28.8 Å². The molecule has 1 heterocycles. The van der Waals surface area contributed by atoms with Crippen LogP contribution >= 0.6 is 11.8 Å². The Hall–Kier alpha value is -3.66. The lowest BCUT2D eigenvalue weighted by atomic mass is 10.2. The van der Waals surface area contributed by atoms with Gasteiger partial charge in [0, 0.05) is 12.1 Å². The molecule has 2 amide bonds. The molecular formula is C21H18N2O7S. The Morgan fingerprint density at radius 2 is 1.94 bits per heavy atom. The molecule has 0 N–H and O–H groups in total. The van der Waals surface area contributed by atoms with Crippen LogP contribution in [0, 0.1) is 10.1 Å². The van der Waals surface area contributed by atoms with Crippen molar-refractivity contribution in [3.63, 3.8) is 0 Å². The van der Waals surface area contributed by atoms with Gasteiger partial charge in [0.25, 0.3) is 16.8 Å². The molecule has 0 atom stereocenters. The summed E-state index contributed by atoms with van der Waals surface area (Å²) in [6, 6.07) is 13.0. The van der Waals surface area contributed by atoms with Crippen LogP contribution in [-0.2, 0) is 20.9 Å². The van der Waals surface area contributed by atoms with Gasteiger partial charge in [-0.05, 0) is 48.0 Å². The molecule has 1 saturated heterocycles. The quantitative estimate of drug-likeness (QED) is 0.262. The number of nitro groups is 1. The van der Waals surface area contributed by atoms with Crippen molar-refractivity contribution in [2.24, 2.45) is 0 Å². The summed E-state index contributed by atoms with van der Waals surface area (Å²) >= 11 is 0.757. The standard InChI is InChI=1S/C21H18N2O7S/c1-2-29-19(24)12-22-20(25)18(31-21(22)26)11-14-6-8-17(9-7-14)30-13-15-4-3-5-16(10-15)23(27)28/h3-11H,2,12-13H2,1H3/b18-11+. The normalized spacial score (nSPS) is 14.7. The Morgan fingerprint density at radius 1 is 1.19 bits per heavy atom. The first kappa shape index (κ1) is 22.0. The first-order valence-electron chi connectivity index (χ1n) is 9.24. The SMILES string of the molecule is CCOC(=O)CN1C(=O)S/C(=C/c2ccc(OCc3cccc([N+](=O)[O-])c3)cc2)C1=O. The van der Waals surface area contributed by atoms with Gasteiger partial charge < -0.3 is 9.47 Å². The van der Waals surface area contributed by atoms with E-state index in [1.54, 1.807) is 49.4 Å². The summed E-state index contributed by atoms with van der Waals surface area (Å²) in [5, 5.41) is 10.3. The lowest BCUT2D eigenvalue weighted by Crippen LogP contribution is -2.34. The van der Waals surface area contributed by atoms with E-state index in [4.69, 9.17) is 9.47 Å². The van der Waals surface area contributed by atoms with Gasteiger partial charge in [-0.3, -0.25) is 29.4 Å². The molecule has 0 spiro atoms. The van der Waals surface area contributed by atoms with Crippen molar-refractivity contribution in [1.82, 2.24) is 4.90 Å². The molecule has 31 heavy (non-hydrogen) atoms. The number of amides is 2. The van der Waals surface area contributed by atoms with Gasteiger partial charge in [0.15, 0.2) is 0 Å². The zero-order chi connectivity index (χ0) is 22.4. The van der Waals surface area contributed by atoms with Gasteiger partial charge in [0.2, 0.25) is 0 Å². The maximum absolute atomic E-state index is 12.4. The Kier molecular flexibility index (Phi) is 7.03. The monoisotopic (exact) mass is 442 g/mol. The molecule has 0 saturated carbocycles. The zero-order valence-corrected chi connectivity index (χ0v) is 17.3. The number of rotatable bonds is 8. The fourth-order valence-corrected chi connectivity index (χ4v) is 3.55. The van der Waals surface area contributed by atoms with Crippen LogP contribution in [0.2, 0.25) is 0 Å². The molecule has 2 aromatic carbocycles. The minimum absolute atomic E-state index is 0.00616. The second-order valence-electron chi connectivity index (χ2n) is 6.36. The average molecular weight is 442 g/mol.